The molecule has 0 amide bonds. The normalized spacial score (nSPS) is 16.5. The average Bonchev–Trinajstić information content (AvgIpc) is 2.26. The molecule has 0 heterocycles. The summed E-state index contributed by atoms with van der Waals surface area (Å²) >= 11 is 5.49. The van der Waals surface area contributed by atoms with E-state index in [0.29, 0.717) is 19.3 Å². The molecule has 2 rings (SSSR count). The number of nitrogens with one attached hydrogen (secondary N) is 1. The molecule has 0 aromatic heterocycles. The number of nitrogens with zero attached hydrogens (tertiary/aromatic N) is 1. The summed E-state index contributed by atoms with van der Waals surface area (Å²) in [6, 6.07) is 1.72. The monoisotopic (exact) mass is 288 g/mol. The maximum atomic E-state index is 13.4. The van der Waals surface area contributed by atoms with Crippen molar-refractivity contribution in [3.05, 3.63) is 33.1 Å². The van der Waals surface area contributed by atoms with Gasteiger partial charge >= 0.3 is 5.97 Å². The van der Waals surface area contributed by atoms with Crippen LogP contribution in [0, 0.1) is 15.9 Å². The van der Waals surface area contributed by atoms with Gasteiger partial charge in [0.25, 0.3) is 5.69 Å². The van der Waals surface area contributed by atoms with E-state index in [1.165, 1.54) is 0 Å². The molecule has 0 saturated heterocycles. The lowest BCUT2D eigenvalue weighted by Crippen LogP contribution is -2.52. The SMILES string of the molecule is O=C(O)C1(Nc2cc(F)c(Cl)cc2[N+](=O)[O-])CCC1. The first kappa shape index (κ1) is 13.5. The molecular formula is C11H10ClFN2O4. The van der Waals surface area contributed by atoms with Crippen molar-refractivity contribution in [2.24, 2.45) is 0 Å². The number of nitro benzene ring substituents is 1. The summed E-state index contributed by atoms with van der Waals surface area (Å²) in [5.74, 6) is -1.95. The maximum absolute atomic E-state index is 13.4. The van der Waals surface area contributed by atoms with Gasteiger partial charge in [-0.05, 0) is 19.3 Å². The molecular weight excluding hydrogens is 279 g/mol. The lowest BCUT2D eigenvalue weighted by atomic mass is 9.76. The molecule has 0 atom stereocenters. The molecule has 0 aliphatic heterocycles. The van der Waals surface area contributed by atoms with Crippen molar-refractivity contribution in [1.29, 1.82) is 0 Å². The third-order valence-corrected chi connectivity index (χ3v) is 3.52. The van der Waals surface area contributed by atoms with E-state index in [0.717, 1.165) is 12.1 Å². The number of carboxylic acid groups (broad SMARTS) is 1. The van der Waals surface area contributed by atoms with E-state index in [1.54, 1.807) is 0 Å². The van der Waals surface area contributed by atoms with Gasteiger partial charge in [-0.25, -0.2) is 9.18 Å². The van der Waals surface area contributed by atoms with Crippen LogP contribution in [0.3, 0.4) is 0 Å². The number of halogens is 2. The molecule has 0 bridgehead atoms. The van der Waals surface area contributed by atoms with E-state index in [-0.39, 0.29) is 10.7 Å². The van der Waals surface area contributed by atoms with Crippen molar-refractivity contribution >= 4 is 28.9 Å². The summed E-state index contributed by atoms with van der Waals surface area (Å²) in [6.07, 6.45) is 1.37. The Hall–Kier alpha value is -1.89. The van der Waals surface area contributed by atoms with Crippen LogP contribution in [-0.4, -0.2) is 21.5 Å². The number of anilines is 1. The Morgan fingerprint density at radius 3 is 2.58 bits per heavy atom. The van der Waals surface area contributed by atoms with E-state index < -0.39 is 27.9 Å². The molecule has 1 fully saturated rings. The van der Waals surface area contributed by atoms with Gasteiger partial charge in [0.2, 0.25) is 0 Å². The van der Waals surface area contributed by atoms with E-state index in [1.807, 2.05) is 0 Å². The zero-order valence-corrected chi connectivity index (χ0v) is 10.4. The standard InChI is InChI=1S/C11H10ClFN2O4/c12-6-4-9(15(18)19)8(5-7(6)13)14-11(10(16)17)2-1-3-11/h4-5,14H,1-3H2,(H,16,17). The Kier molecular flexibility index (Phi) is 3.32. The summed E-state index contributed by atoms with van der Waals surface area (Å²) in [6.45, 7) is 0. The number of rotatable bonds is 4. The van der Waals surface area contributed by atoms with E-state index in [2.05, 4.69) is 5.32 Å². The number of hydrogen-bond acceptors (Lipinski definition) is 4. The highest BCUT2D eigenvalue weighted by Crippen LogP contribution is 2.39. The molecule has 8 heteroatoms. The van der Waals surface area contributed by atoms with Crippen molar-refractivity contribution in [3.8, 4) is 0 Å². The predicted molar refractivity (Wildman–Crippen MR) is 65.9 cm³/mol. The second-order valence-electron chi connectivity index (χ2n) is 4.41. The van der Waals surface area contributed by atoms with Crippen LogP contribution in [0.4, 0.5) is 15.8 Å². The second kappa shape index (κ2) is 4.65. The fourth-order valence-corrected chi connectivity index (χ4v) is 2.13. The zero-order chi connectivity index (χ0) is 14.2. The van der Waals surface area contributed by atoms with Crippen LogP contribution >= 0.6 is 11.6 Å². The van der Waals surface area contributed by atoms with Gasteiger partial charge in [0.1, 0.15) is 17.0 Å². The number of nitro groups is 1. The minimum absolute atomic E-state index is 0.172. The predicted octanol–water partition coefficient (Wildman–Crippen LogP) is 2.81. The van der Waals surface area contributed by atoms with Crippen LogP contribution in [0.25, 0.3) is 0 Å². The van der Waals surface area contributed by atoms with Crippen molar-refractivity contribution in [2.75, 3.05) is 5.32 Å². The summed E-state index contributed by atoms with van der Waals surface area (Å²) < 4.78 is 13.4. The van der Waals surface area contributed by atoms with Crippen LogP contribution in [-0.2, 0) is 4.79 Å². The molecule has 0 radical (unpaired) electrons. The number of carbonyl (C=O) groups is 1. The highest BCUT2D eigenvalue weighted by atomic mass is 35.5. The lowest BCUT2D eigenvalue weighted by Gasteiger charge is -2.38. The Labute approximate surface area is 112 Å². The van der Waals surface area contributed by atoms with Crippen molar-refractivity contribution in [3.63, 3.8) is 0 Å². The zero-order valence-electron chi connectivity index (χ0n) is 9.65. The quantitative estimate of drug-likeness (QED) is 0.656. The number of benzene rings is 1. The van der Waals surface area contributed by atoms with Crippen molar-refractivity contribution in [2.45, 2.75) is 24.8 Å². The second-order valence-corrected chi connectivity index (χ2v) is 4.81. The first-order valence-corrected chi connectivity index (χ1v) is 5.88. The Bertz CT molecular complexity index is 560. The van der Waals surface area contributed by atoms with Crippen LogP contribution in [0.5, 0.6) is 0 Å². The molecule has 1 saturated carbocycles. The van der Waals surface area contributed by atoms with Gasteiger partial charge in [-0.3, -0.25) is 10.1 Å². The molecule has 1 aliphatic carbocycles. The maximum Gasteiger partial charge on any atom is 0.329 e. The van der Waals surface area contributed by atoms with E-state index in [4.69, 9.17) is 16.7 Å². The average molecular weight is 289 g/mol. The fraction of sp³-hybridized carbons (Fsp3) is 0.364. The summed E-state index contributed by atoms with van der Waals surface area (Å²) in [4.78, 5) is 21.3. The van der Waals surface area contributed by atoms with Gasteiger partial charge in [0.05, 0.1) is 9.95 Å². The van der Waals surface area contributed by atoms with Crippen molar-refractivity contribution in [1.82, 2.24) is 0 Å². The number of hydrogen-bond donors (Lipinski definition) is 2. The molecule has 1 aliphatic rings. The molecule has 0 unspecified atom stereocenters. The summed E-state index contributed by atoms with van der Waals surface area (Å²) in [5.41, 5.74) is -1.88. The van der Waals surface area contributed by atoms with E-state index in [9.17, 15) is 19.3 Å². The fourth-order valence-electron chi connectivity index (χ4n) is 1.97. The molecule has 19 heavy (non-hydrogen) atoms. The molecule has 1 aromatic rings. The highest BCUT2D eigenvalue weighted by Gasteiger charge is 2.45. The summed E-state index contributed by atoms with van der Waals surface area (Å²) in [5, 5.41) is 22.2. The Morgan fingerprint density at radius 2 is 2.16 bits per heavy atom. The summed E-state index contributed by atoms with van der Waals surface area (Å²) in [7, 11) is 0. The van der Waals surface area contributed by atoms with Crippen molar-refractivity contribution < 1.29 is 19.2 Å². The first-order valence-electron chi connectivity index (χ1n) is 5.51. The van der Waals surface area contributed by atoms with Gasteiger partial charge < -0.3 is 10.4 Å². The van der Waals surface area contributed by atoms with Gasteiger partial charge in [-0.1, -0.05) is 11.6 Å². The topological polar surface area (TPSA) is 92.5 Å². The third-order valence-electron chi connectivity index (χ3n) is 3.23. The van der Waals surface area contributed by atoms with Crippen LogP contribution in [0.1, 0.15) is 19.3 Å². The van der Waals surface area contributed by atoms with E-state index >= 15 is 0 Å². The van der Waals surface area contributed by atoms with Gasteiger partial charge in [0, 0.05) is 12.1 Å². The molecule has 1 aromatic carbocycles. The highest BCUT2D eigenvalue weighted by molar-refractivity contribution is 6.31. The molecule has 0 spiro atoms. The number of carboxylic acids is 1. The Morgan fingerprint density at radius 1 is 1.53 bits per heavy atom. The first-order chi connectivity index (χ1) is 8.85. The van der Waals surface area contributed by atoms with Gasteiger partial charge in [0.15, 0.2) is 0 Å². The minimum Gasteiger partial charge on any atom is -0.480 e. The molecule has 102 valence electrons. The van der Waals surface area contributed by atoms with Gasteiger partial charge in [-0.2, -0.15) is 0 Å². The van der Waals surface area contributed by atoms with Crippen LogP contribution in [0.15, 0.2) is 12.1 Å². The number of aliphatic carboxylic acids is 1. The smallest absolute Gasteiger partial charge is 0.329 e. The van der Waals surface area contributed by atoms with Crippen LogP contribution < -0.4 is 5.32 Å². The lowest BCUT2D eigenvalue weighted by molar-refractivity contribution is -0.384. The minimum atomic E-state index is -1.26. The van der Waals surface area contributed by atoms with Crippen LogP contribution in [0.2, 0.25) is 5.02 Å². The largest absolute Gasteiger partial charge is 0.480 e. The molecule has 2 N–H and O–H groups in total. The third kappa shape index (κ3) is 2.33. The Balaban J connectivity index is 2.41. The molecule has 6 nitrogen and oxygen atoms in total. The van der Waals surface area contributed by atoms with Gasteiger partial charge in [-0.15, -0.1) is 0 Å².